The van der Waals surface area contributed by atoms with E-state index in [0.29, 0.717) is 0 Å². The zero-order chi connectivity index (χ0) is 18.9. The number of ether oxygens (including phenoxy) is 1. The molecule has 0 aromatic heterocycles. The summed E-state index contributed by atoms with van der Waals surface area (Å²) < 4.78 is 5.47. The van der Waals surface area contributed by atoms with Crippen molar-refractivity contribution in [3.05, 3.63) is 64.7 Å². The number of anilines is 1. The van der Waals surface area contributed by atoms with Gasteiger partial charge in [-0.3, -0.25) is 4.99 Å². The molecule has 0 radical (unpaired) electrons. The molecule has 0 aliphatic carbocycles. The molecule has 0 bridgehead atoms. The first-order valence-electron chi connectivity index (χ1n) is 9.36. The van der Waals surface area contributed by atoms with E-state index in [4.69, 9.17) is 16.3 Å². The predicted octanol–water partition coefficient (Wildman–Crippen LogP) is 3.70. The summed E-state index contributed by atoms with van der Waals surface area (Å²) in [4.78, 5) is 6.71. The van der Waals surface area contributed by atoms with Crippen LogP contribution in [-0.4, -0.2) is 45.9 Å². The molecular formula is C21H28ClIN4O. The molecule has 3 rings (SSSR count). The molecule has 0 amide bonds. The summed E-state index contributed by atoms with van der Waals surface area (Å²) in [6.45, 7) is 4.96. The van der Waals surface area contributed by atoms with Crippen LogP contribution in [0, 0.1) is 0 Å². The van der Waals surface area contributed by atoms with Crippen LogP contribution in [0.2, 0.25) is 5.02 Å². The van der Waals surface area contributed by atoms with Crippen LogP contribution < -0.4 is 15.5 Å². The van der Waals surface area contributed by atoms with E-state index in [1.54, 1.807) is 7.05 Å². The molecular weight excluding hydrogens is 487 g/mol. The number of nitrogens with one attached hydrogen (secondary N) is 2. The number of hydrogen-bond donors (Lipinski definition) is 2. The molecule has 1 saturated heterocycles. The minimum Gasteiger partial charge on any atom is -0.378 e. The molecule has 1 heterocycles. The highest BCUT2D eigenvalue weighted by Crippen LogP contribution is 2.21. The van der Waals surface area contributed by atoms with Crippen LogP contribution in [0.1, 0.15) is 11.1 Å². The summed E-state index contributed by atoms with van der Waals surface area (Å²) in [6.07, 6.45) is 0.894. The predicted molar refractivity (Wildman–Crippen MR) is 128 cm³/mol. The van der Waals surface area contributed by atoms with Gasteiger partial charge >= 0.3 is 0 Å². The smallest absolute Gasteiger partial charge is 0.191 e. The maximum absolute atomic E-state index is 6.04. The first kappa shape index (κ1) is 22.8. The number of benzene rings is 2. The van der Waals surface area contributed by atoms with Gasteiger partial charge in [0, 0.05) is 43.9 Å². The topological polar surface area (TPSA) is 48.9 Å². The van der Waals surface area contributed by atoms with Crippen molar-refractivity contribution in [2.45, 2.75) is 13.0 Å². The van der Waals surface area contributed by atoms with Gasteiger partial charge in [-0.25, -0.2) is 0 Å². The Morgan fingerprint density at radius 3 is 2.64 bits per heavy atom. The number of nitrogens with zero attached hydrogens (tertiary/aromatic N) is 2. The first-order valence-corrected chi connectivity index (χ1v) is 9.73. The molecule has 1 aliphatic rings. The standard InChI is InChI=1S/C21H27ClN4O.HI/c1-23-21(24-10-9-17-5-4-7-19(22)15-17)25-16-18-6-2-3-8-20(18)26-11-13-27-14-12-26;/h2-8,15H,9-14,16H2,1H3,(H2,23,24,25);1H. The molecule has 28 heavy (non-hydrogen) atoms. The summed E-state index contributed by atoms with van der Waals surface area (Å²) in [5.74, 6) is 0.800. The minimum absolute atomic E-state index is 0. The van der Waals surface area contributed by atoms with Gasteiger partial charge in [0.15, 0.2) is 5.96 Å². The Morgan fingerprint density at radius 2 is 1.89 bits per heavy atom. The number of morpholine rings is 1. The lowest BCUT2D eigenvalue weighted by atomic mass is 10.1. The van der Waals surface area contributed by atoms with E-state index in [-0.39, 0.29) is 24.0 Å². The third kappa shape index (κ3) is 6.83. The number of rotatable bonds is 6. The zero-order valence-corrected chi connectivity index (χ0v) is 19.2. The quantitative estimate of drug-likeness (QED) is 0.351. The molecule has 5 nitrogen and oxygen atoms in total. The molecule has 2 aromatic carbocycles. The van der Waals surface area contributed by atoms with E-state index in [1.165, 1.54) is 16.8 Å². The molecule has 0 spiro atoms. The Morgan fingerprint density at radius 1 is 1.11 bits per heavy atom. The van der Waals surface area contributed by atoms with Crippen LogP contribution in [0.3, 0.4) is 0 Å². The number of hydrogen-bond acceptors (Lipinski definition) is 3. The third-order valence-electron chi connectivity index (χ3n) is 4.61. The van der Waals surface area contributed by atoms with Gasteiger partial charge < -0.3 is 20.3 Å². The fourth-order valence-electron chi connectivity index (χ4n) is 3.19. The Labute approximate surface area is 189 Å². The lowest BCUT2D eigenvalue weighted by Gasteiger charge is -2.30. The SMILES string of the molecule is CN=C(NCCc1cccc(Cl)c1)NCc1ccccc1N1CCOCC1.I. The van der Waals surface area contributed by atoms with Crippen molar-refractivity contribution < 1.29 is 4.74 Å². The average Bonchev–Trinajstić information content (AvgIpc) is 2.71. The summed E-state index contributed by atoms with van der Waals surface area (Å²) in [5.41, 5.74) is 3.74. The van der Waals surface area contributed by atoms with Gasteiger partial charge in [0.25, 0.3) is 0 Å². The van der Waals surface area contributed by atoms with Gasteiger partial charge in [0.1, 0.15) is 0 Å². The number of aliphatic imine (C=N–C) groups is 1. The average molecular weight is 515 g/mol. The van der Waals surface area contributed by atoms with Crippen LogP contribution in [0.15, 0.2) is 53.5 Å². The molecule has 152 valence electrons. The third-order valence-corrected chi connectivity index (χ3v) is 4.84. The van der Waals surface area contributed by atoms with E-state index >= 15 is 0 Å². The van der Waals surface area contributed by atoms with Crippen molar-refractivity contribution in [2.75, 3.05) is 44.8 Å². The second-order valence-corrected chi connectivity index (χ2v) is 6.90. The second-order valence-electron chi connectivity index (χ2n) is 6.46. The summed E-state index contributed by atoms with van der Waals surface area (Å²) in [6, 6.07) is 16.5. The van der Waals surface area contributed by atoms with Crippen molar-refractivity contribution in [1.82, 2.24) is 10.6 Å². The molecule has 2 aromatic rings. The first-order chi connectivity index (χ1) is 13.3. The Bertz CT molecular complexity index is 766. The van der Waals surface area contributed by atoms with E-state index in [1.807, 2.05) is 18.2 Å². The largest absolute Gasteiger partial charge is 0.378 e. The molecule has 1 aliphatic heterocycles. The molecule has 2 N–H and O–H groups in total. The monoisotopic (exact) mass is 514 g/mol. The van der Waals surface area contributed by atoms with Crippen molar-refractivity contribution in [3.8, 4) is 0 Å². The Balaban J connectivity index is 0.00000280. The molecule has 1 fully saturated rings. The number of halogens is 2. The minimum atomic E-state index is 0. The highest BCUT2D eigenvalue weighted by molar-refractivity contribution is 14.0. The van der Waals surface area contributed by atoms with Crippen LogP contribution in [0.25, 0.3) is 0 Å². The van der Waals surface area contributed by atoms with Crippen molar-refractivity contribution in [1.29, 1.82) is 0 Å². The van der Waals surface area contributed by atoms with Gasteiger partial charge in [0.2, 0.25) is 0 Å². The Hall–Kier alpha value is -1.51. The van der Waals surface area contributed by atoms with E-state index < -0.39 is 0 Å². The van der Waals surface area contributed by atoms with Crippen LogP contribution in [0.5, 0.6) is 0 Å². The van der Waals surface area contributed by atoms with Gasteiger partial charge in [-0.1, -0.05) is 41.9 Å². The van der Waals surface area contributed by atoms with Crippen LogP contribution in [0.4, 0.5) is 5.69 Å². The normalized spacial score (nSPS) is 14.4. The highest BCUT2D eigenvalue weighted by atomic mass is 127. The Kier molecular flexibility index (Phi) is 9.87. The van der Waals surface area contributed by atoms with Gasteiger partial charge in [-0.05, 0) is 35.7 Å². The highest BCUT2D eigenvalue weighted by Gasteiger charge is 2.14. The molecule has 7 heteroatoms. The molecule has 0 atom stereocenters. The summed E-state index contributed by atoms with van der Waals surface area (Å²) in [5, 5.41) is 7.56. The fourth-order valence-corrected chi connectivity index (χ4v) is 3.40. The van der Waals surface area contributed by atoms with Crippen molar-refractivity contribution in [3.63, 3.8) is 0 Å². The van der Waals surface area contributed by atoms with Gasteiger partial charge in [0.05, 0.1) is 13.2 Å². The zero-order valence-electron chi connectivity index (χ0n) is 16.2. The van der Waals surface area contributed by atoms with Crippen molar-refractivity contribution in [2.24, 2.45) is 4.99 Å². The van der Waals surface area contributed by atoms with E-state index in [9.17, 15) is 0 Å². The lowest BCUT2D eigenvalue weighted by Crippen LogP contribution is -2.39. The molecule has 0 saturated carbocycles. The second kappa shape index (κ2) is 12.1. The number of para-hydroxylation sites is 1. The molecule has 0 unspecified atom stereocenters. The summed E-state index contributed by atoms with van der Waals surface area (Å²) >= 11 is 6.04. The number of guanidine groups is 1. The summed E-state index contributed by atoms with van der Waals surface area (Å²) in [7, 11) is 1.79. The fraction of sp³-hybridized carbons (Fsp3) is 0.381. The van der Waals surface area contributed by atoms with Crippen molar-refractivity contribution >= 4 is 47.2 Å². The maximum atomic E-state index is 6.04. The van der Waals surface area contributed by atoms with E-state index in [0.717, 1.165) is 56.8 Å². The van der Waals surface area contributed by atoms with E-state index in [2.05, 4.69) is 50.9 Å². The van der Waals surface area contributed by atoms with Crippen LogP contribution in [-0.2, 0) is 17.7 Å². The lowest BCUT2D eigenvalue weighted by molar-refractivity contribution is 0.122. The van der Waals surface area contributed by atoms with Gasteiger partial charge in [-0.15, -0.1) is 24.0 Å². The van der Waals surface area contributed by atoms with Gasteiger partial charge in [-0.2, -0.15) is 0 Å². The van der Waals surface area contributed by atoms with Crippen LogP contribution >= 0.6 is 35.6 Å². The maximum Gasteiger partial charge on any atom is 0.191 e.